The highest BCUT2D eigenvalue weighted by molar-refractivity contribution is 5.29. The maximum atomic E-state index is 12.1. The Hall–Kier alpha value is -1.23. The van der Waals surface area contributed by atoms with Crippen LogP contribution in [0.2, 0.25) is 0 Å². The minimum absolute atomic E-state index is 0.0572. The second-order valence-electron chi connectivity index (χ2n) is 4.05. The van der Waals surface area contributed by atoms with Gasteiger partial charge in [-0.1, -0.05) is 19.1 Å². The van der Waals surface area contributed by atoms with Crippen molar-refractivity contribution in [3.05, 3.63) is 29.8 Å². The molecule has 1 atom stereocenters. The van der Waals surface area contributed by atoms with Crippen molar-refractivity contribution in [2.24, 2.45) is 0 Å². The summed E-state index contributed by atoms with van der Waals surface area (Å²) in [5.74, 6) is 0.740. The van der Waals surface area contributed by atoms with E-state index in [1.54, 1.807) is 7.11 Å². The second kappa shape index (κ2) is 6.64. The van der Waals surface area contributed by atoms with Crippen LogP contribution in [0.1, 0.15) is 31.4 Å². The standard InChI is InChI=1S/C13H18F3NO/c1-3-12(17-9-8-13(14,15)16)10-4-6-11(18-2)7-5-10/h4-7,12,17H,3,8-9H2,1-2H3. The molecule has 1 aromatic carbocycles. The molecule has 0 aliphatic carbocycles. The predicted octanol–water partition coefficient (Wildman–Crippen LogP) is 3.69. The lowest BCUT2D eigenvalue weighted by molar-refractivity contribution is -0.133. The van der Waals surface area contributed by atoms with Crippen molar-refractivity contribution < 1.29 is 17.9 Å². The molecule has 0 heterocycles. The first kappa shape index (κ1) is 14.8. The van der Waals surface area contributed by atoms with Crippen LogP contribution >= 0.6 is 0 Å². The summed E-state index contributed by atoms with van der Waals surface area (Å²) in [6, 6.07) is 7.30. The first-order valence-corrected chi connectivity index (χ1v) is 5.90. The normalized spacial score (nSPS) is 13.4. The van der Waals surface area contributed by atoms with Gasteiger partial charge in [-0.2, -0.15) is 13.2 Å². The van der Waals surface area contributed by atoms with E-state index in [9.17, 15) is 13.2 Å². The van der Waals surface area contributed by atoms with Crippen LogP contribution in [0.4, 0.5) is 13.2 Å². The maximum Gasteiger partial charge on any atom is 0.390 e. The van der Waals surface area contributed by atoms with Crippen LogP contribution in [0.15, 0.2) is 24.3 Å². The van der Waals surface area contributed by atoms with Crippen molar-refractivity contribution >= 4 is 0 Å². The highest BCUT2D eigenvalue weighted by Crippen LogP contribution is 2.22. The summed E-state index contributed by atoms with van der Waals surface area (Å²) in [4.78, 5) is 0. The Morgan fingerprint density at radius 3 is 2.28 bits per heavy atom. The topological polar surface area (TPSA) is 21.3 Å². The van der Waals surface area contributed by atoms with E-state index in [1.807, 2.05) is 31.2 Å². The maximum absolute atomic E-state index is 12.1. The molecule has 0 aliphatic heterocycles. The van der Waals surface area contributed by atoms with Gasteiger partial charge >= 0.3 is 6.18 Å². The van der Waals surface area contributed by atoms with Crippen molar-refractivity contribution in [3.8, 4) is 5.75 Å². The lowest BCUT2D eigenvalue weighted by Gasteiger charge is -2.18. The van der Waals surface area contributed by atoms with E-state index in [0.717, 1.165) is 17.7 Å². The molecule has 0 spiro atoms. The molecule has 0 radical (unpaired) electrons. The lowest BCUT2D eigenvalue weighted by Crippen LogP contribution is -2.25. The Morgan fingerprint density at radius 2 is 1.83 bits per heavy atom. The van der Waals surface area contributed by atoms with Gasteiger partial charge in [-0.15, -0.1) is 0 Å². The summed E-state index contributed by atoms with van der Waals surface area (Å²) in [6.45, 7) is 1.88. The van der Waals surface area contributed by atoms with Crippen LogP contribution in [-0.4, -0.2) is 19.8 Å². The monoisotopic (exact) mass is 261 g/mol. The minimum atomic E-state index is -4.11. The fourth-order valence-electron chi connectivity index (χ4n) is 1.72. The molecule has 2 nitrogen and oxygen atoms in total. The van der Waals surface area contributed by atoms with Crippen molar-refractivity contribution in [1.29, 1.82) is 0 Å². The van der Waals surface area contributed by atoms with Crippen molar-refractivity contribution in [2.45, 2.75) is 32.0 Å². The first-order chi connectivity index (χ1) is 8.46. The molecule has 102 valence electrons. The van der Waals surface area contributed by atoms with E-state index in [4.69, 9.17) is 4.74 Å². The number of hydrogen-bond donors (Lipinski definition) is 1. The van der Waals surface area contributed by atoms with Gasteiger partial charge in [-0.05, 0) is 24.1 Å². The summed E-state index contributed by atoms with van der Waals surface area (Å²) in [5.41, 5.74) is 0.973. The van der Waals surface area contributed by atoms with E-state index in [-0.39, 0.29) is 12.6 Å². The third kappa shape index (κ3) is 4.96. The third-order valence-corrected chi connectivity index (χ3v) is 2.73. The Morgan fingerprint density at radius 1 is 1.22 bits per heavy atom. The van der Waals surface area contributed by atoms with Gasteiger partial charge in [0.05, 0.1) is 13.5 Å². The van der Waals surface area contributed by atoms with Crippen LogP contribution < -0.4 is 10.1 Å². The number of halogens is 3. The molecular formula is C13H18F3NO. The largest absolute Gasteiger partial charge is 0.497 e. The SMILES string of the molecule is CCC(NCCC(F)(F)F)c1ccc(OC)cc1. The summed E-state index contributed by atoms with van der Waals surface area (Å²) in [6.07, 6.45) is -4.17. The molecule has 5 heteroatoms. The smallest absolute Gasteiger partial charge is 0.390 e. The Balaban J connectivity index is 2.54. The quantitative estimate of drug-likeness (QED) is 0.843. The second-order valence-corrected chi connectivity index (χ2v) is 4.05. The van der Waals surface area contributed by atoms with Gasteiger partial charge in [-0.25, -0.2) is 0 Å². The highest BCUT2D eigenvalue weighted by Gasteiger charge is 2.26. The summed E-state index contributed by atoms with van der Waals surface area (Å²) >= 11 is 0. The molecule has 18 heavy (non-hydrogen) atoms. The van der Waals surface area contributed by atoms with Gasteiger partial charge < -0.3 is 10.1 Å². The Labute approximate surface area is 105 Å². The molecule has 0 fully saturated rings. The Bertz CT molecular complexity index is 348. The van der Waals surface area contributed by atoms with E-state index in [2.05, 4.69) is 5.32 Å². The van der Waals surface area contributed by atoms with E-state index >= 15 is 0 Å². The van der Waals surface area contributed by atoms with Gasteiger partial charge in [0.2, 0.25) is 0 Å². The number of benzene rings is 1. The van der Waals surface area contributed by atoms with Gasteiger partial charge in [0.1, 0.15) is 5.75 Å². The van der Waals surface area contributed by atoms with Crippen molar-refractivity contribution in [3.63, 3.8) is 0 Å². The van der Waals surface area contributed by atoms with Crippen LogP contribution in [0, 0.1) is 0 Å². The zero-order valence-corrected chi connectivity index (χ0v) is 10.6. The first-order valence-electron chi connectivity index (χ1n) is 5.90. The summed E-state index contributed by atoms with van der Waals surface area (Å²) < 4.78 is 41.2. The van der Waals surface area contributed by atoms with Gasteiger partial charge in [0, 0.05) is 12.6 Å². The molecule has 0 aliphatic rings. The zero-order valence-electron chi connectivity index (χ0n) is 10.6. The number of alkyl halides is 3. The van der Waals surface area contributed by atoms with E-state index in [0.29, 0.717) is 0 Å². The molecular weight excluding hydrogens is 243 g/mol. The van der Waals surface area contributed by atoms with E-state index in [1.165, 1.54) is 0 Å². The lowest BCUT2D eigenvalue weighted by atomic mass is 10.0. The van der Waals surface area contributed by atoms with Gasteiger partial charge in [0.15, 0.2) is 0 Å². The number of methoxy groups -OCH3 is 1. The Kier molecular flexibility index (Phi) is 5.47. The number of ether oxygens (including phenoxy) is 1. The number of nitrogens with one attached hydrogen (secondary N) is 1. The predicted molar refractivity (Wildman–Crippen MR) is 64.7 cm³/mol. The van der Waals surface area contributed by atoms with Gasteiger partial charge in [-0.3, -0.25) is 0 Å². The molecule has 0 saturated heterocycles. The molecule has 0 aromatic heterocycles. The fraction of sp³-hybridized carbons (Fsp3) is 0.538. The molecule has 1 aromatic rings. The van der Waals surface area contributed by atoms with Crippen molar-refractivity contribution in [2.75, 3.05) is 13.7 Å². The molecule has 0 amide bonds. The molecule has 1 N–H and O–H groups in total. The third-order valence-electron chi connectivity index (χ3n) is 2.73. The number of hydrogen-bond acceptors (Lipinski definition) is 2. The molecule has 0 bridgehead atoms. The summed E-state index contributed by atoms with van der Waals surface area (Å²) in [7, 11) is 1.58. The molecule has 1 unspecified atom stereocenters. The van der Waals surface area contributed by atoms with Crippen LogP contribution in [0.25, 0.3) is 0 Å². The average molecular weight is 261 g/mol. The van der Waals surface area contributed by atoms with Crippen LogP contribution in [0.3, 0.4) is 0 Å². The zero-order chi connectivity index (χ0) is 13.6. The molecule has 1 rings (SSSR count). The molecule has 0 saturated carbocycles. The summed E-state index contributed by atoms with van der Waals surface area (Å²) in [5, 5.41) is 2.92. The van der Waals surface area contributed by atoms with Crippen LogP contribution in [0.5, 0.6) is 5.75 Å². The van der Waals surface area contributed by atoms with E-state index < -0.39 is 12.6 Å². The van der Waals surface area contributed by atoms with Crippen molar-refractivity contribution in [1.82, 2.24) is 5.32 Å². The number of rotatable bonds is 6. The van der Waals surface area contributed by atoms with Crippen LogP contribution in [-0.2, 0) is 0 Å². The van der Waals surface area contributed by atoms with Gasteiger partial charge in [0.25, 0.3) is 0 Å². The average Bonchev–Trinajstić information content (AvgIpc) is 2.34. The fourth-order valence-corrected chi connectivity index (χ4v) is 1.72. The minimum Gasteiger partial charge on any atom is -0.497 e. The highest BCUT2D eigenvalue weighted by atomic mass is 19.4.